The highest BCUT2D eigenvalue weighted by atomic mass is 35.5. The predicted octanol–water partition coefficient (Wildman–Crippen LogP) is 5.61. The van der Waals surface area contributed by atoms with Gasteiger partial charge in [0.25, 0.3) is 0 Å². The highest BCUT2D eigenvalue weighted by molar-refractivity contribution is 6.30. The van der Waals surface area contributed by atoms with Gasteiger partial charge in [0, 0.05) is 22.3 Å². The summed E-state index contributed by atoms with van der Waals surface area (Å²) in [5, 5.41) is 12.6. The van der Waals surface area contributed by atoms with Gasteiger partial charge in [0.1, 0.15) is 6.04 Å². The van der Waals surface area contributed by atoms with E-state index in [9.17, 15) is 0 Å². The van der Waals surface area contributed by atoms with Gasteiger partial charge < -0.3 is 19.2 Å². The molecule has 1 heterocycles. The number of hydrogen-bond acceptors (Lipinski definition) is 6. The Morgan fingerprint density at radius 2 is 1.60 bits per heavy atom. The van der Waals surface area contributed by atoms with Gasteiger partial charge in [0.2, 0.25) is 11.8 Å². The van der Waals surface area contributed by atoms with Crippen LogP contribution in [0.3, 0.4) is 0 Å². The van der Waals surface area contributed by atoms with Gasteiger partial charge in [-0.05, 0) is 42.0 Å². The summed E-state index contributed by atoms with van der Waals surface area (Å²) in [5.74, 6) is 2.16. The topological polar surface area (TPSA) is 69.4 Å². The maximum absolute atomic E-state index is 6.08. The second-order valence-electron chi connectivity index (χ2n) is 6.51. The first kappa shape index (κ1) is 19.8. The summed E-state index contributed by atoms with van der Waals surface area (Å²) < 4.78 is 16.8. The van der Waals surface area contributed by atoms with Crippen molar-refractivity contribution in [3.8, 4) is 23.0 Å². The second kappa shape index (κ2) is 8.88. The fraction of sp³-hybridized carbons (Fsp3) is 0.130. The summed E-state index contributed by atoms with van der Waals surface area (Å²) in [4.78, 5) is 0. The van der Waals surface area contributed by atoms with Crippen LogP contribution in [-0.4, -0.2) is 24.4 Å². The third kappa shape index (κ3) is 4.23. The van der Waals surface area contributed by atoms with Crippen LogP contribution in [-0.2, 0) is 0 Å². The number of aromatic nitrogens is 2. The van der Waals surface area contributed by atoms with Crippen LogP contribution in [0.25, 0.3) is 11.5 Å². The molecule has 1 N–H and O–H groups in total. The number of nitrogens with zero attached hydrogens (tertiary/aromatic N) is 2. The maximum Gasteiger partial charge on any atom is 0.247 e. The summed E-state index contributed by atoms with van der Waals surface area (Å²) >= 11 is 6.08. The molecule has 0 bridgehead atoms. The summed E-state index contributed by atoms with van der Waals surface area (Å²) in [6.45, 7) is 0. The number of rotatable bonds is 7. The molecule has 0 aliphatic carbocycles. The predicted molar refractivity (Wildman–Crippen MR) is 116 cm³/mol. The monoisotopic (exact) mass is 421 g/mol. The van der Waals surface area contributed by atoms with Gasteiger partial charge in [-0.1, -0.05) is 41.9 Å². The van der Waals surface area contributed by atoms with Crippen molar-refractivity contribution in [3.63, 3.8) is 0 Å². The van der Waals surface area contributed by atoms with E-state index in [1.165, 1.54) is 0 Å². The molecule has 152 valence electrons. The van der Waals surface area contributed by atoms with Crippen LogP contribution < -0.4 is 14.8 Å². The van der Waals surface area contributed by atoms with Crippen molar-refractivity contribution in [1.82, 2.24) is 10.2 Å². The highest BCUT2D eigenvalue weighted by Gasteiger charge is 2.22. The first-order valence-electron chi connectivity index (χ1n) is 9.31. The molecule has 0 saturated carbocycles. The zero-order chi connectivity index (χ0) is 20.9. The molecule has 0 spiro atoms. The minimum Gasteiger partial charge on any atom is -0.493 e. The molecule has 0 amide bonds. The third-order valence-corrected chi connectivity index (χ3v) is 4.86. The van der Waals surface area contributed by atoms with Gasteiger partial charge in [0.05, 0.1) is 14.2 Å². The van der Waals surface area contributed by atoms with Crippen molar-refractivity contribution in [2.24, 2.45) is 0 Å². The first-order valence-corrected chi connectivity index (χ1v) is 9.68. The minimum atomic E-state index is -0.384. The molecule has 0 aliphatic rings. The van der Waals surface area contributed by atoms with Gasteiger partial charge >= 0.3 is 0 Å². The van der Waals surface area contributed by atoms with Gasteiger partial charge in [0.15, 0.2) is 11.5 Å². The number of hydrogen-bond donors (Lipinski definition) is 1. The normalized spacial score (nSPS) is 11.7. The lowest BCUT2D eigenvalue weighted by Gasteiger charge is -2.18. The Balaban J connectivity index is 1.71. The smallest absolute Gasteiger partial charge is 0.247 e. The van der Waals surface area contributed by atoms with Crippen LogP contribution in [0, 0.1) is 0 Å². The van der Waals surface area contributed by atoms with Gasteiger partial charge in [-0.15, -0.1) is 10.2 Å². The van der Waals surface area contributed by atoms with Crippen LogP contribution in [0.15, 0.2) is 77.2 Å². The number of nitrogens with one attached hydrogen (secondary N) is 1. The van der Waals surface area contributed by atoms with Crippen molar-refractivity contribution in [2.45, 2.75) is 6.04 Å². The molecule has 0 radical (unpaired) electrons. The minimum absolute atomic E-state index is 0.384. The van der Waals surface area contributed by atoms with E-state index in [2.05, 4.69) is 15.5 Å². The van der Waals surface area contributed by atoms with E-state index in [-0.39, 0.29) is 6.04 Å². The van der Waals surface area contributed by atoms with Crippen LogP contribution in [0.5, 0.6) is 11.5 Å². The molecule has 1 atom stereocenters. The Hall–Kier alpha value is -3.51. The van der Waals surface area contributed by atoms with Gasteiger partial charge in [-0.2, -0.15) is 0 Å². The summed E-state index contributed by atoms with van der Waals surface area (Å²) in [6.07, 6.45) is 0. The Morgan fingerprint density at radius 3 is 2.30 bits per heavy atom. The Morgan fingerprint density at radius 1 is 0.867 bits per heavy atom. The van der Waals surface area contributed by atoms with E-state index >= 15 is 0 Å². The van der Waals surface area contributed by atoms with E-state index in [1.54, 1.807) is 14.2 Å². The molecule has 1 aromatic heterocycles. The fourth-order valence-electron chi connectivity index (χ4n) is 3.08. The average molecular weight is 422 g/mol. The van der Waals surface area contributed by atoms with Crippen molar-refractivity contribution in [3.05, 3.63) is 89.3 Å². The van der Waals surface area contributed by atoms with Crippen LogP contribution >= 0.6 is 11.6 Å². The zero-order valence-electron chi connectivity index (χ0n) is 16.5. The summed E-state index contributed by atoms with van der Waals surface area (Å²) in [7, 11) is 3.20. The molecule has 3 aromatic carbocycles. The molecule has 30 heavy (non-hydrogen) atoms. The van der Waals surface area contributed by atoms with Crippen molar-refractivity contribution < 1.29 is 13.9 Å². The van der Waals surface area contributed by atoms with E-state index < -0.39 is 0 Å². The Kier molecular flexibility index (Phi) is 5.86. The van der Waals surface area contributed by atoms with Crippen LogP contribution in [0.4, 0.5) is 5.69 Å². The second-order valence-corrected chi connectivity index (χ2v) is 6.95. The molecular weight excluding hydrogens is 402 g/mol. The highest BCUT2D eigenvalue weighted by Crippen LogP contribution is 2.34. The molecule has 4 rings (SSSR count). The SMILES string of the molecule is COc1ccc(N[C@H](c2ccc(Cl)cc2)c2nnc(-c3ccccc3)o2)cc1OC. The lowest BCUT2D eigenvalue weighted by atomic mass is 10.1. The van der Waals surface area contributed by atoms with Crippen molar-refractivity contribution >= 4 is 17.3 Å². The summed E-state index contributed by atoms with van der Waals surface area (Å²) in [6, 6.07) is 22.4. The number of ether oxygens (including phenoxy) is 2. The van der Waals surface area contributed by atoms with E-state index in [1.807, 2.05) is 72.8 Å². The molecular formula is C23H20ClN3O3. The standard InChI is InChI=1S/C23H20ClN3O3/c1-28-19-13-12-18(14-20(19)29-2)25-21(15-8-10-17(24)11-9-15)23-27-26-22(30-23)16-6-4-3-5-7-16/h3-14,21,25H,1-2H3/t21-/m1/s1. The molecule has 0 fully saturated rings. The first-order chi connectivity index (χ1) is 14.7. The molecule has 4 aromatic rings. The van der Waals surface area contributed by atoms with Gasteiger partial charge in [-0.25, -0.2) is 0 Å². The Labute approximate surface area is 179 Å². The Bertz CT molecular complexity index is 1110. The third-order valence-electron chi connectivity index (χ3n) is 4.61. The molecule has 0 unspecified atom stereocenters. The lowest BCUT2D eigenvalue weighted by Crippen LogP contribution is -2.13. The van der Waals surface area contributed by atoms with Crippen molar-refractivity contribution in [1.29, 1.82) is 0 Å². The zero-order valence-corrected chi connectivity index (χ0v) is 17.3. The summed E-state index contributed by atoms with van der Waals surface area (Å²) in [5.41, 5.74) is 2.60. The molecule has 0 aliphatic heterocycles. The van der Waals surface area contributed by atoms with Crippen LogP contribution in [0.2, 0.25) is 5.02 Å². The number of benzene rings is 3. The number of halogens is 1. The van der Waals surface area contributed by atoms with E-state index in [4.69, 9.17) is 25.5 Å². The molecule has 7 heteroatoms. The fourth-order valence-corrected chi connectivity index (χ4v) is 3.21. The number of anilines is 1. The van der Waals surface area contributed by atoms with Crippen LogP contribution in [0.1, 0.15) is 17.5 Å². The quantitative estimate of drug-likeness (QED) is 0.418. The molecule has 6 nitrogen and oxygen atoms in total. The average Bonchev–Trinajstić information content (AvgIpc) is 3.28. The lowest BCUT2D eigenvalue weighted by molar-refractivity contribution is 0.355. The van der Waals surface area contributed by atoms with Gasteiger partial charge in [-0.3, -0.25) is 0 Å². The van der Waals surface area contributed by atoms with E-state index in [0.717, 1.165) is 16.8 Å². The number of methoxy groups -OCH3 is 2. The molecule has 0 saturated heterocycles. The van der Waals surface area contributed by atoms with E-state index in [0.29, 0.717) is 28.3 Å². The maximum atomic E-state index is 6.08. The largest absolute Gasteiger partial charge is 0.493 e. The van der Waals surface area contributed by atoms with Crippen molar-refractivity contribution in [2.75, 3.05) is 19.5 Å².